The van der Waals surface area contributed by atoms with Crippen LogP contribution in [0.1, 0.15) is 44.4 Å². The number of hydrogen-bond donors (Lipinski definition) is 0. The summed E-state index contributed by atoms with van der Waals surface area (Å²) in [7, 11) is 0. The molecule has 0 unspecified atom stereocenters. The molecule has 2 heteroatoms. The van der Waals surface area contributed by atoms with Gasteiger partial charge < -0.3 is 0 Å². The van der Waals surface area contributed by atoms with Gasteiger partial charge in [-0.15, -0.1) is 11.8 Å². The fourth-order valence-corrected chi connectivity index (χ4v) is 4.39. The second-order valence-corrected chi connectivity index (χ2v) is 7.85. The van der Waals surface area contributed by atoms with E-state index in [1.165, 1.54) is 37.2 Å². The Morgan fingerprint density at radius 3 is 2.29 bits per heavy atom. The Labute approximate surface area is 117 Å². The third kappa shape index (κ3) is 2.00. The van der Waals surface area contributed by atoms with Crippen molar-refractivity contribution in [3.05, 3.63) is 32.8 Å². The first-order chi connectivity index (χ1) is 7.75. The fourth-order valence-electron chi connectivity index (χ4n) is 2.40. The first kappa shape index (κ1) is 13.2. The molecule has 0 spiro atoms. The van der Waals surface area contributed by atoms with Crippen LogP contribution >= 0.6 is 27.7 Å². The zero-order valence-corrected chi connectivity index (χ0v) is 13.8. The molecule has 17 heavy (non-hydrogen) atoms. The highest BCUT2D eigenvalue weighted by Gasteiger charge is 2.32. The van der Waals surface area contributed by atoms with Crippen molar-refractivity contribution in [1.82, 2.24) is 0 Å². The third-order valence-corrected chi connectivity index (χ3v) is 6.23. The van der Waals surface area contributed by atoms with Crippen LogP contribution in [-0.4, -0.2) is 4.75 Å². The van der Waals surface area contributed by atoms with Gasteiger partial charge in [0.15, 0.2) is 0 Å². The molecule has 1 aromatic rings. The van der Waals surface area contributed by atoms with Crippen molar-refractivity contribution in [1.29, 1.82) is 0 Å². The Hall–Kier alpha value is -0.210. The van der Waals surface area contributed by atoms with E-state index in [4.69, 9.17) is 0 Å². The summed E-state index contributed by atoms with van der Waals surface area (Å²) in [5.41, 5.74) is 7.13. The van der Waals surface area contributed by atoms with Crippen LogP contribution in [0.5, 0.6) is 0 Å². The highest BCUT2D eigenvalue weighted by molar-refractivity contribution is 9.10. The minimum Gasteiger partial charge on any atom is -0.114 e. The molecule has 0 aromatic heterocycles. The van der Waals surface area contributed by atoms with Gasteiger partial charge in [-0.1, -0.05) is 21.5 Å². The highest BCUT2D eigenvalue weighted by Crippen LogP contribution is 2.51. The summed E-state index contributed by atoms with van der Waals surface area (Å²) >= 11 is 5.67. The van der Waals surface area contributed by atoms with Crippen molar-refractivity contribution in [2.75, 3.05) is 0 Å². The molecular weight excluding hydrogens is 292 g/mol. The Kier molecular flexibility index (Phi) is 3.24. The molecule has 92 valence electrons. The predicted octanol–water partition coefficient (Wildman–Crippen LogP) is 5.74. The molecule has 0 N–H and O–H groups in total. The van der Waals surface area contributed by atoms with Crippen LogP contribution in [0.2, 0.25) is 0 Å². The molecule has 0 aliphatic carbocycles. The van der Waals surface area contributed by atoms with Gasteiger partial charge in [-0.25, -0.2) is 0 Å². The molecule has 0 fully saturated rings. The highest BCUT2D eigenvalue weighted by atomic mass is 79.9. The maximum absolute atomic E-state index is 3.67. The van der Waals surface area contributed by atoms with Gasteiger partial charge >= 0.3 is 0 Å². The number of fused-ring (bicyclic) bond motifs is 1. The Balaban J connectivity index is 2.82. The summed E-state index contributed by atoms with van der Waals surface area (Å²) in [5.74, 6) is 0. The van der Waals surface area contributed by atoms with E-state index >= 15 is 0 Å². The summed E-state index contributed by atoms with van der Waals surface area (Å²) in [5, 5.41) is 0. The maximum Gasteiger partial charge on any atom is 0.0362 e. The summed E-state index contributed by atoms with van der Waals surface area (Å²) in [4.78, 5) is 1.46. The van der Waals surface area contributed by atoms with Gasteiger partial charge in [0.2, 0.25) is 0 Å². The first-order valence-corrected chi connectivity index (χ1v) is 7.53. The molecule has 1 aromatic carbocycles. The lowest BCUT2D eigenvalue weighted by Crippen LogP contribution is -2.22. The van der Waals surface area contributed by atoms with E-state index < -0.39 is 0 Å². The number of benzene rings is 1. The van der Waals surface area contributed by atoms with E-state index in [0.29, 0.717) is 0 Å². The van der Waals surface area contributed by atoms with E-state index in [-0.39, 0.29) is 4.75 Å². The van der Waals surface area contributed by atoms with Crippen LogP contribution in [0.4, 0.5) is 0 Å². The average molecular weight is 311 g/mol. The van der Waals surface area contributed by atoms with Gasteiger partial charge in [-0.05, 0) is 69.9 Å². The lowest BCUT2D eigenvalue weighted by atomic mass is 9.90. The predicted molar refractivity (Wildman–Crippen MR) is 81.8 cm³/mol. The summed E-state index contributed by atoms with van der Waals surface area (Å²) in [6.45, 7) is 13.6. The first-order valence-electron chi connectivity index (χ1n) is 5.92. The van der Waals surface area contributed by atoms with Gasteiger partial charge in [0.05, 0.1) is 0 Å². The molecule has 0 nitrogen and oxygen atoms in total. The van der Waals surface area contributed by atoms with Gasteiger partial charge in [-0.3, -0.25) is 0 Å². The van der Waals surface area contributed by atoms with Crippen molar-refractivity contribution in [3.8, 4) is 0 Å². The molecule has 0 saturated carbocycles. The van der Waals surface area contributed by atoms with Crippen molar-refractivity contribution >= 4 is 33.3 Å². The number of halogens is 1. The molecule has 0 bridgehead atoms. The van der Waals surface area contributed by atoms with E-state index in [9.17, 15) is 0 Å². The molecule has 0 atom stereocenters. The van der Waals surface area contributed by atoms with Gasteiger partial charge in [0.1, 0.15) is 0 Å². The van der Waals surface area contributed by atoms with E-state index in [1.54, 1.807) is 0 Å². The zero-order valence-electron chi connectivity index (χ0n) is 11.4. The number of thioether (sulfide) groups is 1. The Morgan fingerprint density at radius 2 is 1.71 bits per heavy atom. The molecule has 1 aliphatic rings. The quantitative estimate of drug-likeness (QED) is 0.588. The lowest BCUT2D eigenvalue weighted by Gasteiger charge is -2.35. The minimum absolute atomic E-state index is 0.210. The maximum atomic E-state index is 3.67. The summed E-state index contributed by atoms with van der Waals surface area (Å²) < 4.78 is 1.43. The van der Waals surface area contributed by atoms with Crippen molar-refractivity contribution in [2.45, 2.75) is 51.2 Å². The molecule has 0 amide bonds. The third-order valence-electron chi connectivity index (χ3n) is 3.86. The second kappa shape index (κ2) is 4.17. The topological polar surface area (TPSA) is 0 Å². The number of rotatable bonds is 0. The minimum atomic E-state index is 0.210. The zero-order chi connectivity index (χ0) is 13.0. The fraction of sp³-hybridized carbons (Fsp3) is 0.467. The van der Waals surface area contributed by atoms with Crippen LogP contribution in [0.25, 0.3) is 5.57 Å². The SMILES string of the molecule is CC1=C(C)C(C)(C)Sc2c(C)cc(Br)c(C)c21. The molecular formula is C15H19BrS. The van der Waals surface area contributed by atoms with E-state index in [2.05, 4.69) is 63.5 Å². The van der Waals surface area contributed by atoms with Crippen molar-refractivity contribution in [2.24, 2.45) is 0 Å². The van der Waals surface area contributed by atoms with Crippen LogP contribution in [0.3, 0.4) is 0 Å². The van der Waals surface area contributed by atoms with Crippen LogP contribution in [0.15, 0.2) is 21.0 Å². The van der Waals surface area contributed by atoms with Crippen LogP contribution in [0, 0.1) is 13.8 Å². The average Bonchev–Trinajstić information content (AvgIpc) is 2.22. The van der Waals surface area contributed by atoms with E-state index in [0.717, 1.165) is 0 Å². The normalized spacial score (nSPS) is 18.3. The number of allylic oxidation sites excluding steroid dienone is 1. The second-order valence-electron chi connectivity index (χ2n) is 5.37. The van der Waals surface area contributed by atoms with Gasteiger partial charge in [0, 0.05) is 14.1 Å². The number of hydrogen-bond acceptors (Lipinski definition) is 1. The number of aryl methyl sites for hydroxylation is 1. The summed E-state index contributed by atoms with van der Waals surface area (Å²) in [6, 6.07) is 2.24. The smallest absolute Gasteiger partial charge is 0.0362 e. The lowest BCUT2D eigenvalue weighted by molar-refractivity contribution is 0.823. The van der Waals surface area contributed by atoms with Crippen molar-refractivity contribution < 1.29 is 0 Å². The molecule has 1 heterocycles. The van der Waals surface area contributed by atoms with Crippen molar-refractivity contribution in [3.63, 3.8) is 0 Å². The monoisotopic (exact) mass is 310 g/mol. The molecule has 0 radical (unpaired) electrons. The Morgan fingerprint density at radius 1 is 1.12 bits per heavy atom. The largest absolute Gasteiger partial charge is 0.114 e. The van der Waals surface area contributed by atoms with Gasteiger partial charge in [-0.2, -0.15) is 0 Å². The van der Waals surface area contributed by atoms with Crippen LogP contribution in [-0.2, 0) is 0 Å². The molecule has 0 saturated heterocycles. The van der Waals surface area contributed by atoms with E-state index in [1.807, 2.05) is 11.8 Å². The Bertz CT molecular complexity index is 524. The molecule has 1 aliphatic heterocycles. The molecule has 2 rings (SSSR count). The summed E-state index contributed by atoms with van der Waals surface area (Å²) in [6.07, 6.45) is 0. The van der Waals surface area contributed by atoms with Crippen LogP contribution < -0.4 is 0 Å². The standard InChI is InChI=1S/C15H19BrS/c1-8-7-12(16)10(3)13-9(2)11(4)15(5,6)17-14(8)13/h7H,1-6H3. The van der Waals surface area contributed by atoms with Gasteiger partial charge in [0.25, 0.3) is 0 Å².